The SMILES string of the molecule is CCC1(CC)C[C@H](NC(=O)[C@@H]2CN(S(=O)(=O)c3ccccc3)c3cc(C)ccc3O2)c2ccccc2O1. The van der Waals surface area contributed by atoms with Crippen molar-refractivity contribution in [3.8, 4) is 11.5 Å². The van der Waals surface area contributed by atoms with E-state index in [1.165, 1.54) is 4.31 Å². The Morgan fingerprint density at radius 2 is 1.70 bits per heavy atom. The van der Waals surface area contributed by atoms with Gasteiger partial charge in [0.1, 0.15) is 17.1 Å². The minimum atomic E-state index is -3.91. The quantitative estimate of drug-likeness (QED) is 0.486. The average Bonchev–Trinajstić information content (AvgIpc) is 2.92. The van der Waals surface area contributed by atoms with Crippen LogP contribution in [0, 0.1) is 6.92 Å². The number of carbonyl (C=O) groups excluding carboxylic acids is 1. The third kappa shape index (κ3) is 4.66. The Labute approximate surface area is 218 Å². The van der Waals surface area contributed by atoms with Crippen molar-refractivity contribution in [3.05, 3.63) is 83.9 Å². The maximum Gasteiger partial charge on any atom is 0.264 e. The van der Waals surface area contributed by atoms with Crippen molar-refractivity contribution in [1.82, 2.24) is 5.32 Å². The van der Waals surface area contributed by atoms with E-state index in [9.17, 15) is 13.2 Å². The number of anilines is 1. The first kappa shape index (κ1) is 25.1. The number of carbonyl (C=O) groups is 1. The molecule has 0 radical (unpaired) electrons. The molecule has 0 aromatic heterocycles. The second-order valence-corrected chi connectivity index (χ2v) is 11.6. The molecule has 2 aliphatic rings. The Balaban J connectivity index is 1.47. The van der Waals surface area contributed by atoms with E-state index in [-0.39, 0.29) is 29.0 Å². The normalized spacial score (nSPS) is 20.1. The van der Waals surface area contributed by atoms with Crippen LogP contribution in [0.25, 0.3) is 0 Å². The van der Waals surface area contributed by atoms with Crippen molar-refractivity contribution < 1.29 is 22.7 Å². The fraction of sp³-hybridized carbons (Fsp3) is 0.345. The lowest BCUT2D eigenvalue weighted by Crippen LogP contribution is -2.52. The molecule has 2 aliphatic heterocycles. The predicted molar refractivity (Wildman–Crippen MR) is 142 cm³/mol. The van der Waals surface area contributed by atoms with Gasteiger partial charge in [-0.05, 0) is 55.7 Å². The molecule has 0 aliphatic carbocycles. The molecule has 1 N–H and O–H groups in total. The number of rotatable bonds is 6. The zero-order valence-electron chi connectivity index (χ0n) is 21.3. The van der Waals surface area contributed by atoms with Crippen LogP contribution in [-0.2, 0) is 14.8 Å². The molecule has 0 saturated heterocycles. The first-order valence-corrected chi connectivity index (χ1v) is 14.1. The summed E-state index contributed by atoms with van der Waals surface area (Å²) < 4.78 is 41.1. The molecule has 2 atom stereocenters. The van der Waals surface area contributed by atoms with Crippen LogP contribution >= 0.6 is 0 Å². The van der Waals surface area contributed by atoms with Gasteiger partial charge in [-0.15, -0.1) is 0 Å². The summed E-state index contributed by atoms with van der Waals surface area (Å²) in [6, 6.07) is 21.1. The van der Waals surface area contributed by atoms with Crippen molar-refractivity contribution in [3.63, 3.8) is 0 Å². The number of fused-ring (bicyclic) bond motifs is 2. The number of amides is 1. The van der Waals surface area contributed by atoms with Crippen LogP contribution in [0.4, 0.5) is 5.69 Å². The molecule has 37 heavy (non-hydrogen) atoms. The van der Waals surface area contributed by atoms with Crippen LogP contribution in [0.15, 0.2) is 77.7 Å². The van der Waals surface area contributed by atoms with Gasteiger partial charge in [0, 0.05) is 12.0 Å². The highest BCUT2D eigenvalue weighted by Gasteiger charge is 2.42. The van der Waals surface area contributed by atoms with Gasteiger partial charge in [0.25, 0.3) is 15.9 Å². The molecule has 3 aromatic rings. The standard InChI is InChI=1S/C29H32N2O5S/c1-4-29(5-2)18-23(22-13-9-10-14-25(22)36-29)30-28(32)27-19-31(24-17-20(3)15-16-26(24)35-27)37(33,34)21-11-7-6-8-12-21/h6-17,23,27H,4-5,18-19H2,1-3H3,(H,30,32)/t23-,27-/m0/s1. The molecule has 0 bridgehead atoms. The third-order valence-electron chi connectivity index (χ3n) is 7.41. The lowest BCUT2D eigenvalue weighted by molar-refractivity contribution is -0.129. The molecular formula is C29H32N2O5S. The second-order valence-electron chi connectivity index (χ2n) is 9.72. The molecule has 8 heteroatoms. The number of benzene rings is 3. The summed E-state index contributed by atoms with van der Waals surface area (Å²) in [6.07, 6.45) is 1.22. The predicted octanol–water partition coefficient (Wildman–Crippen LogP) is 5.15. The van der Waals surface area contributed by atoms with E-state index in [0.717, 1.165) is 29.7 Å². The molecule has 0 unspecified atom stereocenters. The van der Waals surface area contributed by atoms with Gasteiger partial charge in [0.2, 0.25) is 0 Å². The molecule has 0 saturated carbocycles. The van der Waals surface area contributed by atoms with Crippen LogP contribution in [-0.4, -0.2) is 32.6 Å². The summed E-state index contributed by atoms with van der Waals surface area (Å²) in [5.74, 6) is 0.768. The van der Waals surface area contributed by atoms with E-state index in [1.807, 2.05) is 37.3 Å². The molecule has 5 rings (SSSR count). The lowest BCUT2D eigenvalue weighted by atomic mass is 9.83. The number of aryl methyl sites for hydroxylation is 1. The minimum absolute atomic E-state index is 0.128. The van der Waals surface area contributed by atoms with E-state index < -0.39 is 16.1 Å². The van der Waals surface area contributed by atoms with Gasteiger partial charge < -0.3 is 14.8 Å². The Morgan fingerprint density at radius 3 is 2.43 bits per heavy atom. The molecule has 0 fully saturated rings. The van der Waals surface area contributed by atoms with E-state index in [1.54, 1.807) is 42.5 Å². The second kappa shape index (κ2) is 9.74. The van der Waals surface area contributed by atoms with Crippen molar-refractivity contribution in [2.75, 3.05) is 10.8 Å². The van der Waals surface area contributed by atoms with Crippen LogP contribution in [0.3, 0.4) is 0 Å². The number of nitrogens with one attached hydrogen (secondary N) is 1. The molecule has 194 valence electrons. The molecule has 1 amide bonds. The highest BCUT2D eigenvalue weighted by molar-refractivity contribution is 7.92. The fourth-order valence-corrected chi connectivity index (χ4v) is 6.63. The highest BCUT2D eigenvalue weighted by Crippen LogP contribution is 2.43. The number of nitrogens with zero attached hydrogens (tertiary/aromatic N) is 1. The van der Waals surface area contributed by atoms with Gasteiger partial charge in [0.15, 0.2) is 6.10 Å². The number of ether oxygens (including phenoxy) is 2. The largest absolute Gasteiger partial charge is 0.487 e. The van der Waals surface area contributed by atoms with Crippen LogP contribution in [0.1, 0.15) is 50.3 Å². The van der Waals surface area contributed by atoms with E-state index >= 15 is 0 Å². The number of hydrogen-bond donors (Lipinski definition) is 1. The van der Waals surface area contributed by atoms with Gasteiger partial charge in [-0.3, -0.25) is 9.10 Å². The van der Waals surface area contributed by atoms with Crippen molar-refractivity contribution in [2.24, 2.45) is 0 Å². The number of sulfonamides is 1. The van der Waals surface area contributed by atoms with Crippen molar-refractivity contribution in [2.45, 2.75) is 62.7 Å². The van der Waals surface area contributed by atoms with Crippen LogP contribution in [0.2, 0.25) is 0 Å². The summed E-state index contributed by atoms with van der Waals surface area (Å²) in [5.41, 5.74) is 1.86. The van der Waals surface area contributed by atoms with E-state index in [4.69, 9.17) is 9.47 Å². The Hall–Kier alpha value is -3.52. The molecular weight excluding hydrogens is 488 g/mol. The molecule has 7 nitrogen and oxygen atoms in total. The Bertz CT molecular complexity index is 1400. The number of hydrogen-bond acceptors (Lipinski definition) is 5. The number of para-hydroxylation sites is 1. The molecule has 2 heterocycles. The Morgan fingerprint density at radius 1 is 1.00 bits per heavy atom. The molecule has 3 aromatic carbocycles. The van der Waals surface area contributed by atoms with E-state index in [2.05, 4.69) is 19.2 Å². The van der Waals surface area contributed by atoms with Crippen LogP contribution < -0.4 is 19.1 Å². The zero-order valence-corrected chi connectivity index (χ0v) is 22.1. The van der Waals surface area contributed by atoms with Gasteiger partial charge in [-0.2, -0.15) is 0 Å². The Kier molecular flexibility index (Phi) is 6.62. The summed E-state index contributed by atoms with van der Waals surface area (Å²) >= 11 is 0. The smallest absolute Gasteiger partial charge is 0.264 e. The van der Waals surface area contributed by atoms with Gasteiger partial charge in [-0.25, -0.2) is 8.42 Å². The maximum absolute atomic E-state index is 13.7. The van der Waals surface area contributed by atoms with Crippen LogP contribution in [0.5, 0.6) is 11.5 Å². The van der Waals surface area contributed by atoms with Gasteiger partial charge >= 0.3 is 0 Å². The van der Waals surface area contributed by atoms with Crippen molar-refractivity contribution >= 4 is 21.6 Å². The zero-order chi connectivity index (χ0) is 26.2. The summed E-state index contributed by atoms with van der Waals surface area (Å²) in [5, 5.41) is 3.16. The van der Waals surface area contributed by atoms with E-state index in [0.29, 0.717) is 17.9 Å². The maximum atomic E-state index is 13.7. The fourth-order valence-electron chi connectivity index (χ4n) is 5.14. The molecule has 0 spiro atoms. The third-order valence-corrected chi connectivity index (χ3v) is 9.20. The topological polar surface area (TPSA) is 84.9 Å². The first-order valence-electron chi connectivity index (χ1n) is 12.7. The highest BCUT2D eigenvalue weighted by atomic mass is 32.2. The van der Waals surface area contributed by atoms with Gasteiger partial charge in [-0.1, -0.05) is 56.3 Å². The van der Waals surface area contributed by atoms with Crippen molar-refractivity contribution in [1.29, 1.82) is 0 Å². The average molecular weight is 521 g/mol. The van der Waals surface area contributed by atoms with Gasteiger partial charge in [0.05, 0.1) is 23.2 Å². The summed E-state index contributed by atoms with van der Waals surface area (Å²) in [4.78, 5) is 13.8. The minimum Gasteiger partial charge on any atom is -0.487 e. The summed E-state index contributed by atoms with van der Waals surface area (Å²) in [7, 11) is -3.91. The summed E-state index contributed by atoms with van der Waals surface area (Å²) in [6.45, 7) is 5.94. The monoisotopic (exact) mass is 520 g/mol. The lowest BCUT2D eigenvalue weighted by Gasteiger charge is -2.42. The first-order chi connectivity index (χ1) is 17.8.